The Bertz CT molecular complexity index is 992. The molecule has 0 atom stereocenters. The van der Waals surface area contributed by atoms with Gasteiger partial charge in [-0.25, -0.2) is 9.59 Å². The number of carbonyl (C=O) groups is 4. The molecule has 0 N–H and O–H groups in total. The van der Waals surface area contributed by atoms with Crippen molar-refractivity contribution in [3.63, 3.8) is 0 Å². The van der Waals surface area contributed by atoms with E-state index in [-0.39, 0.29) is 32.7 Å². The first kappa shape index (κ1) is 23.5. The number of ether oxygens (including phenoxy) is 3. The van der Waals surface area contributed by atoms with Gasteiger partial charge >= 0.3 is 18.2 Å². The number of nitrogens with zero attached hydrogens (tertiary/aromatic N) is 2. The average molecular weight is 452 g/mol. The third kappa shape index (κ3) is 7.20. The highest BCUT2D eigenvalue weighted by Gasteiger charge is 2.36. The number of carbonyl (C=O) groups excluding carboxylic acids is 4. The van der Waals surface area contributed by atoms with E-state index < -0.39 is 30.6 Å². The molecule has 0 radical (unpaired) electrons. The van der Waals surface area contributed by atoms with Crippen LogP contribution in [0.4, 0.5) is 9.59 Å². The van der Waals surface area contributed by atoms with Crippen molar-refractivity contribution in [2.45, 2.75) is 26.1 Å². The lowest BCUT2D eigenvalue weighted by Gasteiger charge is -2.30. The molecule has 0 unspecified atom stereocenters. The third-order valence-electron chi connectivity index (χ3n) is 4.58. The molecule has 0 bridgehead atoms. The highest BCUT2D eigenvalue weighted by Crippen LogP contribution is 2.13. The number of amides is 3. The van der Waals surface area contributed by atoms with Crippen LogP contribution < -0.4 is 0 Å². The SMILES string of the molecule is O=C1CN(C(=O)OCc2ccccc2)N(C(=O)OCc2ccccc2)C(=O)CC/C=C\CO1. The first-order valence-electron chi connectivity index (χ1n) is 10.4. The molecule has 2 aromatic carbocycles. The van der Waals surface area contributed by atoms with Crippen molar-refractivity contribution < 1.29 is 33.4 Å². The quantitative estimate of drug-likeness (QED) is 0.397. The highest BCUT2D eigenvalue weighted by molar-refractivity contribution is 5.94. The van der Waals surface area contributed by atoms with Gasteiger partial charge in [-0.2, -0.15) is 5.01 Å². The number of rotatable bonds is 4. The van der Waals surface area contributed by atoms with Crippen LogP contribution in [-0.4, -0.2) is 47.2 Å². The minimum atomic E-state index is -1.10. The lowest BCUT2D eigenvalue weighted by atomic mass is 10.2. The summed E-state index contributed by atoms with van der Waals surface area (Å²) in [5.41, 5.74) is 1.39. The summed E-state index contributed by atoms with van der Waals surface area (Å²) in [5.74, 6) is -1.53. The summed E-state index contributed by atoms with van der Waals surface area (Å²) in [6.07, 6.45) is 1.28. The number of benzene rings is 2. The lowest BCUT2D eigenvalue weighted by molar-refractivity contribution is -0.152. The Morgan fingerprint density at radius 1 is 0.818 bits per heavy atom. The molecule has 2 aromatic rings. The van der Waals surface area contributed by atoms with Crippen LogP contribution in [0.25, 0.3) is 0 Å². The van der Waals surface area contributed by atoms with Gasteiger partial charge in [-0.15, -0.1) is 5.01 Å². The van der Waals surface area contributed by atoms with Crippen LogP contribution >= 0.6 is 0 Å². The fraction of sp³-hybridized carbons (Fsp3) is 0.250. The van der Waals surface area contributed by atoms with E-state index in [2.05, 4.69) is 0 Å². The van der Waals surface area contributed by atoms with Crippen molar-refractivity contribution in [1.29, 1.82) is 0 Å². The summed E-state index contributed by atoms with van der Waals surface area (Å²) in [6, 6.07) is 17.7. The fourth-order valence-corrected chi connectivity index (χ4v) is 2.93. The van der Waals surface area contributed by atoms with Gasteiger partial charge in [0, 0.05) is 6.42 Å². The summed E-state index contributed by atoms with van der Waals surface area (Å²) in [7, 11) is 0. The van der Waals surface area contributed by atoms with Crippen LogP contribution in [0.3, 0.4) is 0 Å². The standard InChI is InChI=1S/C24H24N2O7/c27-21-14-8-3-9-15-31-22(28)16-25(23(29)32-17-19-10-4-1-5-11-19)26(21)24(30)33-18-20-12-6-2-7-13-20/h1-7,9-13H,8,14-18H2/b9-3-. The van der Waals surface area contributed by atoms with Gasteiger partial charge < -0.3 is 14.2 Å². The molecule has 1 aliphatic heterocycles. The van der Waals surface area contributed by atoms with E-state index in [0.29, 0.717) is 21.1 Å². The van der Waals surface area contributed by atoms with Gasteiger partial charge in [-0.1, -0.05) is 72.8 Å². The molecule has 3 rings (SSSR count). The third-order valence-corrected chi connectivity index (χ3v) is 4.58. The van der Waals surface area contributed by atoms with Crippen molar-refractivity contribution in [3.05, 3.63) is 83.9 Å². The highest BCUT2D eigenvalue weighted by atomic mass is 16.6. The Morgan fingerprint density at radius 2 is 1.39 bits per heavy atom. The van der Waals surface area contributed by atoms with Crippen molar-refractivity contribution in [2.75, 3.05) is 13.2 Å². The molecule has 0 fully saturated rings. The van der Waals surface area contributed by atoms with Gasteiger partial charge in [0.25, 0.3) is 5.91 Å². The van der Waals surface area contributed by atoms with Gasteiger partial charge in [0.2, 0.25) is 0 Å². The summed E-state index contributed by atoms with van der Waals surface area (Å²) >= 11 is 0. The van der Waals surface area contributed by atoms with E-state index in [1.165, 1.54) is 0 Å². The molecule has 1 aliphatic rings. The number of allylic oxidation sites excluding steroid dienone is 1. The molecule has 33 heavy (non-hydrogen) atoms. The summed E-state index contributed by atoms with van der Waals surface area (Å²) in [5, 5.41) is 1.13. The molecule has 0 saturated heterocycles. The summed E-state index contributed by atoms with van der Waals surface area (Å²) < 4.78 is 15.6. The number of imide groups is 1. The Labute approximate surface area is 191 Å². The van der Waals surface area contributed by atoms with Crippen LogP contribution in [0.5, 0.6) is 0 Å². The van der Waals surface area contributed by atoms with E-state index in [1.807, 2.05) is 12.1 Å². The van der Waals surface area contributed by atoms with Crippen LogP contribution in [-0.2, 0) is 37.0 Å². The molecule has 0 aliphatic carbocycles. The van der Waals surface area contributed by atoms with E-state index in [4.69, 9.17) is 14.2 Å². The molecular weight excluding hydrogens is 428 g/mol. The molecule has 3 amide bonds. The van der Waals surface area contributed by atoms with Gasteiger partial charge in [0.1, 0.15) is 26.4 Å². The molecule has 0 spiro atoms. The predicted octanol–water partition coefficient (Wildman–Crippen LogP) is 3.60. The number of hydrogen-bond donors (Lipinski definition) is 0. The Hall–Kier alpha value is -4.14. The minimum absolute atomic E-state index is 0.0155. The maximum absolute atomic E-state index is 12.9. The van der Waals surface area contributed by atoms with Gasteiger partial charge in [-0.05, 0) is 17.5 Å². The Morgan fingerprint density at radius 3 is 2.00 bits per heavy atom. The molecular formula is C24H24N2O7. The second kappa shape index (κ2) is 12.0. The smallest absolute Gasteiger partial charge is 0.436 e. The average Bonchev–Trinajstić information content (AvgIpc) is 2.87. The molecule has 9 nitrogen and oxygen atoms in total. The van der Waals surface area contributed by atoms with Crippen LogP contribution in [0.1, 0.15) is 24.0 Å². The van der Waals surface area contributed by atoms with Gasteiger partial charge in [0.15, 0.2) is 0 Å². The van der Waals surface area contributed by atoms with E-state index in [0.717, 1.165) is 0 Å². The van der Waals surface area contributed by atoms with Crippen molar-refractivity contribution >= 4 is 24.1 Å². The zero-order valence-electron chi connectivity index (χ0n) is 17.9. The topological polar surface area (TPSA) is 102 Å². The number of cyclic esters (lactones) is 1. The molecule has 172 valence electrons. The second-order valence-corrected chi connectivity index (χ2v) is 7.04. The summed E-state index contributed by atoms with van der Waals surface area (Å²) in [6.45, 7) is -0.958. The Kier molecular flexibility index (Phi) is 8.58. The second-order valence-electron chi connectivity index (χ2n) is 7.04. The summed E-state index contributed by atoms with van der Waals surface area (Å²) in [4.78, 5) is 50.9. The van der Waals surface area contributed by atoms with Gasteiger partial charge in [0.05, 0.1) is 0 Å². The van der Waals surface area contributed by atoms with Crippen LogP contribution in [0.2, 0.25) is 0 Å². The predicted molar refractivity (Wildman–Crippen MR) is 116 cm³/mol. The number of hydrazine groups is 1. The van der Waals surface area contributed by atoms with E-state index in [1.54, 1.807) is 60.7 Å². The molecule has 1 heterocycles. The van der Waals surface area contributed by atoms with E-state index >= 15 is 0 Å². The van der Waals surface area contributed by atoms with Crippen molar-refractivity contribution in [2.24, 2.45) is 0 Å². The number of esters is 1. The lowest BCUT2D eigenvalue weighted by Crippen LogP contribution is -2.55. The molecule has 0 aromatic heterocycles. The zero-order chi connectivity index (χ0) is 23.5. The normalized spacial score (nSPS) is 15.8. The Balaban J connectivity index is 1.80. The van der Waals surface area contributed by atoms with E-state index in [9.17, 15) is 19.2 Å². The minimum Gasteiger partial charge on any atom is -0.460 e. The van der Waals surface area contributed by atoms with Gasteiger partial charge in [-0.3, -0.25) is 9.59 Å². The zero-order valence-corrected chi connectivity index (χ0v) is 17.9. The monoisotopic (exact) mass is 452 g/mol. The molecule has 0 saturated carbocycles. The van der Waals surface area contributed by atoms with Crippen LogP contribution in [0.15, 0.2) is 72.8 Å². The maximum atomic E-state index is 12.9. The van der Waals surface area contributed by atoms with Crippen LogP contribution in [0, 0.1) is 0 Å². The largest absolute Gasteiger partial charge is 0.460 e. The molecule has 9 heteroatoms. The first-order valence-corrected chi connectivity index (χ1v) is 10.4. The maximum Gasteiger partial charge on any atom is 0.436 e. The fourth-order valence-electron chi connectivity index (χ4n) is 2.93. The number of hydrogen-bond acceptors (Lipinski definition) is 7. The van der Waals surface area contributed by atoms with Crippen molar-refractivity contribution in [1.82, 2.24) is 10.0 Å². The first-order chi connectivity index (χ1) is 16.0. The van der Waals surface area contributed by atoms with Crippen molar-refractivity contribution in [3.8, 4) is 0 Å².